The minimum atomic E-state index is -0.0168. The summed E-state index contributed by atoms with van der Waals surface area (Å²) in [4.78, 5) is 18.3. The number of benzene rings is 2. The summed E-state index contributed by atoms with van der Waals surface area (Å²) in [5.74, 6) is 0.451. The topological polar surface area (TPSA) is 65.6 Å². The summed E-state index contributed by atoms with van der Waals surface area (Å²) in [6.45, 7) is 2.10. The zero-order valence-electron chi connectivity index (χ0n) is 14.1. The third-order valence-electron chi connectivity index (χ3n) is 4.78. The molecule has 0 bridgehead atoms. The van der Waals surface area contributed by atoms with Crippen LogP contribution in [0.3, 0.4) is 0 Å². The van der Waals surface area contributed by atoms with Crippen molar-refractivity contribution in [3.63, 3.8) is 0 Å². The fraction of sp³-hybridized carbons (Fsp3) is 0.250. The summed E-state index contributed by atoms with van der Waals surface area (Å²) in [6.07, 6.45) is 2.41. The Bertz CT molecular complexity index is 988. The van der Waals surface area contributed by atoms with Crippen molar-refractivity contribution in [1.82, 2.24) is 4.98 Å². The maximum Gasteiger partial charge on any atom is 0.190 e. The zero-order chi connectivity index (χ0) is 17.4. The van der Waals surface area contributed by atoms with E-state index in [2.05, 4.69) is 16.0 Å². The third kappa shape index (κ3) is 2.82. The van der Waals surface area contributed by atoms with Gasteiger partial charge in [-0.25, -0.2) is 0 Å². The molecule has 0 unspecified atom stereocenters. The number of hydrogen-bond acceptors (Lipinski definition) is 4. The smallest absolute Gasteiger partial charge is 0.190 e. The number of ether oxygens (including phenoxy) is 1. The number of nitrogens with zero attached hydrogens (tertiary/aromatic N) is 1. The molecule has 128 valence electrons. The molecule has 1 aromatic heterocycles. The molecule has 5 nitrogen and oxygen atoms in total. The van der Waals surface area contributed by atoms with E-state index in [1.54, 1.807) is 24.3 Å². The number of aromatic hydroxyl groups is 1. The van der Waals surface area contributed by atoms with Gasteiger partial charge in [0, 0.05) is 47.0 Å². The summed E-state index contributed by atoms with van der Waals surface area (Å²) in [5, 5.41) is 10.4. The van der Waals surface area contributed by atoms with Crippen LogP contribution in [0.4, 0.5) is 5.69 Å². The third-order valence-corrected chi connectivity index (χ3v) is 4.78. The molecule has 2 heterocycles. The Morgan fingerprint density at radius 1 is 1.08 bits per heavy atom. The molecule has 1 aliphatic rings. The van der Waals surface area contributed by atoms with Gasteiger partial charge >= 0.3 is 0 Å². The van der Waals surface area contributed by atoms with Gasteiger partial charge in [-0.3, -0.25) is 4.79 Å². The van der Waals surface area contributed by atoms with E-state index in [9.17, 15) is 9.90 Å². The zero-order valence-corrected chi connectivity index (χ0v) is 14.1. The molecule has 2 aromatic carbocycles. The summed E-state index contributed by atoms with van der Waals surface area (Å²) in [6, 6.07) is 12.6. The van der Waals surface area contributed by atoms with Gasteiger partial charge in [-0.1, -0.05) is 0 Å². The first-order valence-electron chi connectivity index (χ1n) is 8.45. The summed E-state index contributed by atoms with van der Waals surface area (Å²) >= 11 is 0. The molecule has 1 fully saturated rings. The Morgan fingerprint density at radius 2 is 1.88 bits per heavy atom. The first-order chi connectivity index (χ1) is 12.2. The molecule has 0 spiro atoms. The number of hydrogen-bond donors (Lipinski definition) is 2. The number of nitrogens with one attached hydrogen (secondary N) is 1. The van der Waals surface area contributed by atoms with Gasteiger partial charge in [-0.15, -0.1) is 0 Å². The van der Waals surface area contributed by atoms with E-state index in [1.807, 2.05) is 12.1 Å². The maximum atomic E-state index is 12.6. The van der Waals surface area contributed by atoms with Crippen LogP contribution in [0.2, 0.25) is 0 Å². The Labute approximate surface area is 145 Å². The van der Waals surface area contributed by atoms with E-state index in [4.69, 9.17) is 4.74 Å². The normalized spacial score (nSPS) is 14.2. The lowest BCUT2D eigenvalue weighted by atomic mass is 10.1. The number of H-pyrrole nitrogens is 1. The molecular formula is C20H20N2O3. The monoisotopic (exact) mass is 336 g/mol. The standard InChI is InChI=1S/C20H20N2O3/c1-25-20-10-13(4-7-18(20)23)17-12-19(24)15-11-14(5-6-16(15)21-17)22-8-2-3-9-22/h4-7,10-12,23H,2-3,8-9H2,1H3,(H,21,24). The first-order valence-corrected chi connectivity index (χ1v) is 8.45. The average molecular weight is 336 g/mol. The molecule has 5 heteroatoms. The van der Waals surface area contributed by atoms with Gasteiger partial charge < -0.3 is 19.7 Å². The highest BCUT2D eigenvalue weighted by molar-refractivity contribution is 5.85. The molecule has 2 N–H and O–H groups in total. The lowest BCUT2D eigenvalue weighted by Gasteiger charge is -2.18. The highest BCUT2D eigenvalue weighted by Gasteiger charge is 2.14. The van der Waals surface area contributed by atoms with Gasteiger partial charge in [0.05, 0.1) is 7.11 Å². The minimum absolute atomic E-state index is 0.0168. The molecule has 4 rings (SSSR count). The van der Waals surface area contributed by atoms with E-state index in [1.165, 1.54) is 20.0 Å². The van der Waals surface area contributed by atoms with Crippen LogP contribution in [-0.4, -0.2) is 30.3 Å². The number of methoxy groups -OCH3 is 1. The van der Waals surface area contributed by atoms with E-state index in [0.29, 0.717) is 16.8 Å². The van der Waals surface area contributed by atoms with Crippen molar-refractivity contribution in [1.29, 1.82) is 0 Å². The molecular weight excluding hydrogens is 316 g/mol. The van der Waals surface area contributed by atoms with Crippen molar-refractivity contribution in [3.8, 4) is 22.8 Å². The second-order valence-electron chi connectivity index (χ2n) is 6.36. The lowest BCUT2D eigenvalue weighted by molar-refractivity contribution is 0.373. The van der Waals surface area contributed by atoms with E-state index in [-0.39, 0.29) is 11.2 Å². The Hall–Kier alpha value is -2.95. The summed E-state index contributed by atoms with van der Waals surface area (Å²) in [5.41, 5.74) is 3.38. The van der Waals surface area contributed by atoms with Gasteiger partial charge in [0.2, 0.25) is 0 Å². The number of anilines is 1. The number of aromatic nitrogens is 1. The molecule has 1 saturated heterocycles. The Kier molecular flexibility index (Phi) is 3.84. The highest BCUT2D eigenvalue weighted by atomic mass is 16.5. The molecule has 1 aliphatic heterocycles. The highest BCUT2D eigenvalue weighted by Crippen LogP contribution is 2.31. The van der Waals surface area contributed by atoms with Gasteiger partial charge in [0.15, 0.2) is 16.9 Å². The SMILES string of the molecule is COc1cc(-c2cc(=O)c3cc(N4CCCC4)ccc3[nH]2)ccc1O. The van der Waals surface area contributed by atoms with Crippen molar-refractivity contribution in [2.45, 2.75) is 12.8 Å². The van der Waals surface area contributed by atoms with Crippen LogP contribution in [0.25, 0.3) is 22.2 Å². The Balaban J connectivity index is 1.79. The number of fused-ring (bicyclic) bond motifs is 1. The van der Waals surface area contributed by atoms with Crippen LogP contribution in [-0.2, 0) is 0 Å². The molecule has 0 radical (unpaired) electrons. The average Bonchev–Trinajstić information content (AvgIpc) is 3.16. The molecule has 0 amide bonds. The number of rotatable bonds is 3. The number of aromatic amines is 1. The quantitative estimate of drug-likeness (QED) is 0.768. The van der Waals surface area contributed by atoms with E-state index >= 15 is 0 Å². The van der Waals surface area contributed by atoms with Crippen LogP contribution >= 0.6 is 0 Å². The van der Waals surface area contributed by atoms with Crippen molar-refractivity contribution >= 4 is 16.6 Å². The van der Waals surface area contributed by atoms with Crippen LogP contribution in [0.5, 0.6) is 11.5 Å². The number of pyridine rings is 1. The van der Waals surface area contributed by atoms with E-state index < -0.39 is 0 Å². The Morgan fingerprint density at radius 3 is 2.64 bits per heavy atom. The van der Waals surface area contributed by atoms with Crippen LogP contribution in [0.15, 0.2) is 47.3 Å². The molecule has 25 heavy (non-hydrogen) atoms. The van der Waals surface area contributed by atoms with Crippen molar-refractivity contribution in [2.24, 2.45) is 0 Å². The molecule has 0 atom stereocenters. The predicted molar refractivity (Wildman–Crippen MR) is 99.7 cm³/mol. The number of phenols is 1. The first kappa shape index (κ1) is 15.6. The van der Waals surface area contributed by atoms with Gasteiger partial charge in [0.25, 0.3) is 0 Å². The fourth-order valence-electron chi connectivity index (χ4n) is 3.41. The largest absolute Gasteiger partial charge is 0.504 e. The van der Waals surface area contributed by atoms with Gasteiger partial charge in [-0.05, 0) is 49.2 Å². The van der Waals surface area contributed by atoms with E-state index in [0.717, 1.165) is 29.9 Å². The summed E-state index contributed by atoms with van der Waals surface area (Å²) in [7, 11) is 1.50. The lowest BCUT2D eigenvalue weighted by Crippen LogP contribution is -2.17. The fourth-order valence-corrected chi connectivity index (χ4v) is 3.41. The second kappa shape index (κ2) is 6.16. The van der Waals surface area contributed by atoms with Crippen molar-refractivity contribution < 1.29 is 9.84 Å². The second-order valence-corrected chi connectivity index (χ2v) is 6.36. The van der Waals surface area contributed by atoms with Gasteiger partial charge in [-0.2, -0.15) is 0 Å². The molecule has 0 saturated carbocycles. The summed E-state index contributed by atoms with van der Waals surface area (Å²) < 4.78 is 5.15. The van der Waals surface area contributed by atoms with Crippen LogP contribution in [0.1, 0.15) is 12.8 Å². The van der Waals surface area contributed by atoms with Gasteiger partial charge in [0.1, 0.15) is 0 Å². The predicted octanol–water partition coefficient (Wildman–Crippen LogP) is 3.51. The van der Waals surface area contributed by atoms with Crippen LogP contribution < -0.4 is 15.1 Å². The number of phenolic OH excluding ortho intramolecular Hbond substituents is 1. The van der Waals surface area contributed by atoms with Crippen molar-refractivity contribution in [2.75, 3.05) is 25.1 Å². The van der Waals surface area contributed by atoms with Crippen molar-refractivity contribution in [3.05, 3.63) is 52.7 Å². The molecule has 3 aromatic rings. The van der Waals surface area contributed by atoms with Crippen LogP contribution in [0, 0.1) is 0 Å². The minimum Gasteiger partial charge on any atom is -0.504 e. The molecule has 0 aliphatic carbocycles. The maximum absolute atomic E-state index is 12.6.